The lowest BCUT2D eigenvalue weighted by atomic mass is 10.2. The van der Waals surface area contributed by atoms with Gasteiger partial charge in [-0.25, -0.2) is 9.48 Å². The average molecular weight is 361 g/mol. The Balaban J connectivity index is 1.37. The van der Waals surface area contributed by atoms with Crippen molar-refractivity contribution >= 4 is 17.4 Å². The van der Waals surface area contributed by atoms with E-state index in [9.17, 15) is 4.79 Å². The van der Waals surface area contributed by atoms with Crippen LogP contribution in [-0.4, -0.2) is 46.9 Å². The third-order valence-corrected chi connectivity index (χ3v) is 4.80. The molecule has 6 nitrogen and oxygen atoms in total. The number of benzene rings is 2. The van der Waals surface area contributed by atoms with Gasteiger partial charge in [-0.1, -0.05) is 18.2 Å². The fourth-order valence-electron chi connectivity index (χ4n) is 3.34. The Morgan fingerprint density at radius 1 is 0.963 bits per heavy atom. The molecule has 138 valence electrons. The number of nitrogens with zero attached hydrogens (tertiary/aromatic N) is 4. The second-order valence-corrected chi connectivity index (χ2v) is 6.74. The summed E-state index contributed by atoms with van der Waals surface area (Å²) < 4.78 is 1.77. The molecule has 1 aliphatic rings. The van der Waals surface area contributed by atoms with Crippen LogP contribution in [0.4, 0.5) is 16.2 Å². The quantitative estimate of drug-likeness (QED) is 0.776. The highest BCUT2D eigenvalue weighted by Crippen LogP contribution is 2.19. The Morgan fingerprint density at radius 2 is 1.74 bits per heavy atom. The van der Waals surface area contributed by atoms with Gasteiger partial charge in [0.05, 0.1) is 5.69 Å². The number of hydrogen-bond acceptors (Lipinski definition) is 3. The standard InChI is InChI=1S/C21H23N5O/c1-17-5-2-7-19(15-17)24-11-13-25(14-12-24)21(27)23-18-6-3-8-20(16-18)26-10-4-9-22-26/h2-10,15-16H,11-14H2,1H3,(H,23,27). The van der Waals surface area contributed by atoms with Gasteiger partial charge in [-0.2, -0.15) is 5.10 Å². The molecule has 1 aliphatic heterocycles. The van der Waals surface area contributed by atoms with Crippen LogP contribution >= 0.6 is 0 Å². The smallest absolute Gasteiger partial charge is 0.321 e. The van der Waals surface area contributed by atoms with E-state index in [1.165, 1.54) is 11.3 Å². The summed E-state index contributed by atoms with van der Waals surface area (Å²) in [4.78, 5) is 16.8. The van der Waals surface area contributed by atoms with E-state index < -0.39 is 0 Å². The Labute approximate surface area is 159 Å². The molecule has 0 saturated carbocycles. The molecule has 6 heteroatoms. The fraction of sp³-hybridized carbons (Fsp3) is 0.238. The Kier molecular flexibility index (Phi) is 4.78. The lowest BCUT2D eigenvalue weighted by molar-refractivity contribution is 0.208. The number of rotatable bonds is 3. The van der Waals surface area contributed by atoms with Gasteiger partial charge >= 0.3 is 6.03 Å². The summed E-state index contributed by atoms with van der Waals surface area (Å²) in [6, 6.07) is 18.0. The Hall–Kier alpha value is -3.28. The molecule has 1 aromatic heterocycles. The molecule has 27 heavy (non-hydrogen) atoms. The molecule has 0 radical (unpaired) electrons. The minimum atomic E-state index is -0.0588. The second kappa shape index (κ2) is 7.53. The highest BCUT2D eigenvalue weighted by atomic mass is 16.2. The molecule has 1 saturated heterocycles. The van der Waals surface area contributed by atoms with E-state index in [2.05, 4.69) is 46.5 Å². The normalized spacial score (nSPS) is 14.3. The first-order valence-corrected chi connectivity index (χ1v) is 9.17. The van der Waals surface area contributed by atoms with Crippen molar-refractivity contribution in [3.63, 3.8) is 0 Å². The molecular weight excluding hydrogens is 338 g/mol. The first-order valence-electron chi connectivity index (χ1n) is 9.17. The Bertz CT molecular complexity index is 914. The van der Waals surface area contributed by atoms with Crippen LogP contribution in [0.5, 0.6) is 0 Å². The molecule has 2 aromatic carbocycles. The molecule has 2 heterocycles. The number of piperazine rings is 1. The van der Waals surface area contributed by atoms with Crippen molar-refractivity contribution < 1.29 is 4.79 Å². The van der Waals surface area contributed by atoms with Crippen molar-refractivity contribution in [1.29, 1.82) is 0 Å². The highest BCUT2D eigenvalue weighted by Gasteiger charge is 2.21. The average Bonchev–Trinajstić information content (AvgIpc) is 3.23. The van der Waals surface area contributed by atoms with E-state index in [4.69, 9.17) is 0 Å². The molecule has 4 rings (SSSR count). The van der Waals surface area contributed by atoms with Crippen molar-refractivity contribution in [1.82, 2.24) is 14.7 Å². The molecule has 0 aliphatic carbocycles. The maximum absolute atomic E-state index is 12.6. The summed E-state index contributed by atoms with van der Waals surface area (Å²) in [6.07, 6.45) is 3.62. The largest absolute Gasteiger partial charge is 0.368 e. The van der Waals surface area contributed by atoms with Crippen LogP contribution in [0.3, 0.4) is 0 Å². The highest BCUT2D eigenvalue weighted by molar-refractivity contribution is 5.89. The van der Waals surface area contributed by atoms with Gasteiger partial charge in [-0.15, -0.1) is 0 Å². The van der Waals surface area contributed by atoms with Crippen molar-refractivity contribution in [2.24, 2.45) is 0 Å². The third kappa shape index (κ3) is 3.95. The van der Waals surface area contributed by atoms with E-state index >= 15 is 0 Å². The summed E-state index contributed by atoms with van der Waals surface area (Å²) in [6.45, 7) is 5.19. The third-order valence-electron chi connectivity index (χ3n) is 4.80. The van der Waals surface area contributed by atoms with Crippen LogP contribution in [0.1, 0.15) is 5.56 Å². The van der Waals surface area contributed by atoms with Crippen LogP contribution < -0.4 is 10.2 Å². The first kappa shape index (κ1) is 17.1. The predicted octanol–water partition coefficient (Wildman–Crippen LogP) is 3.53. The van der Waals surface area contributed by atoms with Gasteiger partial charge < -0.3 is 15.1 Å². The molecule has 0 spiro atoms. The maximum Gasteiger partial charge on any atom is 0.321 e. The molecule has 2 amide bonds. The second-order valence-electron chi connectivity index (χ2n) is 6.74. The summed E-state index contributed by atoms with van der Waals surface area (Å²) in [5, 5.41) is 7.23. The SMILES string of the molecule is Cc1cccc(N2CCN(C(=O)Nc3cccc(-n4cccn4)c3)CC2)c1. The van der Waals surface area contributed by atoms with Gasteiger partial charge in [-0.3, -0.25) is 0 Å². The summed E-state index contributed by atoms with van der Waals surface area (Å²) in [5.74, 6) is 0. The zero-order chi connectivity index (χ0) is 18.6. The lowest BCUT2D eigenvalue weighted by Gasteiger charge is -2.36. The van der Waals surface area contributed by atoms with Gasteiger partial charge in [0.1, 0.15) is 0 Å². The van der Waals surface area contributed by atoms with Crippen molar-refractivity contribution in [3.05, 3.63) is 72.6 Å². The molecule has 0 unspecified atom stereocenters. The van der Waals surface area contributed by atoms with Gasteiger partial charge in [0.25, 0.3) is 0 Å². The van der Waals surface area contributed by atoms with Gasteiger partial charge in [0, 0.05) is 49.9 Å². The van der Waals surface area contributed by atoms with Crippen LogP contribution in [0.2, 0.25) is 0 Å². The number of nitrogens with one attached hydrogen (secondary N) is 1. The van der Waals surface area contributed by atoms with E-state index in [1.54, 1.807) is 10.9 Å². The number of urea groups is 1. The number of aryl methyl sites for hydroxylation is 1. The van der Waals surface area contributed by atoms with Gasteiger partial charge in [0.15, 0.2) is 0 Å². The summed E-state index contributed by atoms with van der Waals surface area (Å²) >= 11 is 0. The van der Waals surface area contributed by atoms with Crippen molar-refractivity contribution in [2.45, 2.75) is 6.92 Å². The number of carbonyl (C=O) groups excluding carboxylic acids is 1. The number of anilines is 2. The van der Waals surface area contributed by atoms with Crippen molar-refractivity contribution in [2.75, 3.05) is 36.4 Å². The molecule has 1 N–H and O–H groups in total. The zero-order valence-corrected chi connectivity index (χ0v) is 15.4. The number of aromatic nitrogens is 2. The van der Waals surface area contributed by atoms with E-state index in [1.807, 2.05) is 41.4 Å². The molecular formula is C21H23N5O. The summed E-state index contributed by atoms with van der Waals surface area (Å²) in [7, 11) is 0. The number of carbonyl (C=O) groups is 1. The van der Waals surface area contributed by atoms with Crippen LogP contribution in [0, 0.1) is 6.92 Å². The van der Waals surface area contributed by atoms with E-state index in [0.717, 1.165) is 24.5 Å². The predicted molar refractivity (Wildman–Crippen MR) is 108 cm³/mol. The molecule has 3 aromatic rings. The van der Waals surface area contributed by atoms with Crippen LogP contribution in [0.15, 0.2) is 67.0 Å². The Morgan fingerprint density at radius 3 is 2.48 bits per heavy atom. The fourth-order valence-corrected chi connectivity index (χ4v) is 3.34. The number of amides is 2. The topological polar surface area (TPSA) is 53.4 Å². The van der Waals surface area contributed by atoms with Gasteiger partial charge in [-0.05, 0) is 48.9 Å². The number of hydrogen-bond donors (Lipinski definition) is 1. The zero-order valence-electron chi connectivity index (χ0n) is 15.4. The lowest BCUT2D eigenvalue weighted by Crippen LogP contribution is -2.50. The molecule has 0 atom stereocenters. The van der Waals surface area contributed by atoms with Crippen molar-refractivity contribution in [3.8, 4) is 5.69 Å². The monoisotopic (exact) mass is 361 g/mol. The minimum absolute atomic E-state index is 0.0588. The maximum atomic E-state index is 12.6. The molecule has 1 fully saturated rings. The van der Waals surface area contributed by atoms with E-state index in [-0.39, 0.29) is 6.03 Å². The minimum Gasteiger partial charge on any atom is -0.368 e. The van der Waals surface area contributed by atoms with Crippen LogP contribution in [0.25, 0.3) is 5.69 Å². The van der Waals surface area contributed by atoms with Crippen LogP contribution in [-0.2, 0) is 0 Å². The first-order chi connectivity index (χ1) is 13.2. The van der Waals surface area contributed by atoms with E-state index in [0.29, 0.717) is 13.1 Å². The molecule has 0 bridgehead atoms. The van der Waals surface area contributed by atoms with Gasteiger partial charge in [0.2, 0.25) is 0 Å². The summed E-state index contributed by atoms with van der Waals surface area (Å²) in [5.41, 5.74) is 4.17.